The van der Waals surface area contributed by atoms with Crippen molar-refractivity contribution >= 4 is 17.1 Å². The Morgan fingerprint density at radius 2 is 1.09 bits per heavy atom. The highest BCUT2D eigenvalue weighted by atomic mass is 15.2. The van der Waals surface area contributed by atoms with E-state index in [-0.39, 0.29) is 28.4 Å². The van der Waals surface area contributed by atoms with Gasteiger partial charge in [0.25, 0.3) is 0 Å². The number of anilines is 3. The number of hydrogen-bond donors (Lipinski definition) is 0. The lowest BCUT2D eigenvalue weighted by Crippen LogP contribution is -2.32. The summed E-state index contributed by atoms with van der Waals surface area (Å²) in [5, 5.41) is 30.6. The fraction of sp³-hybridized carbons (Fsp3) is 0.300. The Bertz CT molecular complexity index is 1370. The molecular weight excluding hydrogens is 416 g/mol. The minimum absolute atomic E-state index is 0.0114. The Kier molecular flexibility index (Phi) is 5.69. The number of hydrogen-bond acceptors (Lipinski definition) is 4. The lowest BCUT2D eigenvalue weighted by atomic mass is 9.73. The second-order valence-electron chi connectivity index (χ2n) is 9.94. The van der Waals surface area contributed by atoms with E-state index < -0.39 is 0 Å². The SMILES string of the molecule is CC(C)c1c(C#N)c(C#N)c(C#N)c(N2c3ccccc3C(C)(C)c3ccccc32)c1C(C)C. The molecule has 3 aromatic rings. The van der Waals surface area contributed by atoms with Crippen molar-refractivity contribution in [2.75, 3.05) is 4.90 Å². The van der Waals surface area contributed by atoms with Crippen LogP contribution in [0.1, 0.15) is 92.3 Å². The Balaban J connectivity index is 2.28. The first kappa shape index (κ1) is 23.1. The van der Waals surface area contributed by atoms with Crippen LogP contribution < -0.4 is 4.90 Å². The summed E-state index contributed by atoms with van der Waals surface area (Å²) in [6.07, 6.45) is 0. The maximum absolute atomic E-state index is 10.4. The standard InChI is InChI=1S/C30H28N4/c1-18(2)27-21(16-32)20(15-31)22(17-33)29(28(27)19(3)4)34-25-13-9-7-11-23(25)30(5,6)24-12-8-10-14-26(24)34/h7-14,18-19H,1-6H3. The van der Waals surface area contributed by atoms with Crippen molar-refractivity contribution in [3.63, 3.8) is 0 Å². The number of rotatable bonds is 3. The normalized spacial score (nSPS) is 13.6. The molecule has 0 fully saturated rings. The molecule has 0 amide bonds. The topological polar surface area (TPSA) is 74.6 Å². The molecule has 0 radical (unpaired) electrons. The fourth-order valence-electron chi connectivity index (χ4n) is 5.44. The van der Waals surface area contributed by atoms with Crippen molar-refractivity contribution in [1.29, 1.82) is 15.8 Å². The zero-order valence-electron chi connectivity index (χ0n) is 20.6. The molecule has 1 heterocycles. The van der Waals surface area contributed by atoms with Crippen LogP contribution in [0.5, 0.6) is 0 Å². The van der Waals surface area contributed by atoms with Gasteiger partial charge in [-0.3, -0.25) is 0 Å². The number of fused-ring (bicyclic) bond motifs is 2. The Labute approximate surface area is 202 Å². The lowest BCUT2D eigenvalue weighted by Gasteiger charge is -2.43. The van der Waals surface area contributed by atoms with Crippen LogP contribution in [0.4, 0.5) is 17.1 Å². The molecule has 168 valence electrons. The minimum atomic E-state index is -0.236. The van der Waals surface area contributed by atoms with E-state index in [0.717, 1.165) is 33.6 Å². The van der Waals surface area contributed by atoms with E-state index in [2.05, 4.69) is 75.1 Å². The van der Waals surface area contributed by atoms with Gasteiger partial charge in [0.1, 0.15) is 18.2 Å². The smallest absolute Gasteiger partial charge is 0.103 e. The third-order valence-corrected chi connectivity index (χ3v) is 6.90. The monoisotopic (exact) mass is 444 g/mol. The number of para-hydroxylation sites is 2. The molecule has 4 rings (SSSR count). The largest absolute Gasteiger partial charge is 0.308 e. The van der Waals surface area contributed by atoms with Gasteiger partial charge < -0.3 is 4.90 Å². The molecule has 4 nitrogen and oxygen atoms in total. The second-order valence-corrected chi connectivity index (χ2v) is 9.94. The molecular formula is C30H28N4. The van der Waals surface area contributed by atoms with Gasteiger partial charge in [0, 0.05) is 5.41 Å². The minimum Gasteiger partial charge on any atom is -0.308 e. The molecule has 0 bridgehead atoms. The molecule has 0 spiro atoms. The molecule has 0 aliphatic carbocycles. The Morgan fingerprint density at radius 3 is 1.50 bits per heavy atom. The summed E-state index contributed by atoms with van der Waals surface area (Å²) in [6.45, 7) is 12.7. The van der Waals surface area contributed by atoms with Gasteiger partial charge >= 0.3 is 0 Å². The Morgan fingerprint density at radius 1 is 0.647 bits per heavy atom. The maximum atomic E-state index is 10.4. The summed E-state index contributed by atoms with van der Waals surface area (Å²) in [5.74, 6) is 0.0472. The van der Waals surface area contributed by atoms with Crippen LogP contribution in [0.3, 0.4) is 0 Å². The van der Waals surface area contributed by atoms with Crippen molar-refractivity contribution in [2.24, 2.45) is 0 Å². The summed E-state index contributed by atoms with van der Waals surface area (Å²) in [6, 6.07) is 23.3. The molecule has 0 saturated heterocycles. The van der Waals surface area contributed by atoms with E-state index in [4.69, 9.17) is 0 Å². The summed E-state index contributed by atoms with van der Waals surface area (Å²) in [7, 11) is 0. The van der Waals surface area contributed by atoms with Gasteiger partial charge in [0.05, 0.1) is 33.8 Å². The van der Waals surface area contributed by atoms with Crippen LogP contribution in [0.15, 0.2) is 48.5 Å². The van der Waals surface area contributed by atoms with Gasteiger partial charge in [0.2, 0.25) is 0 Å². The van der Waals surface area contributed by atoms with Gasteiger partial charge in [-0.25, -0.2) is 0 Å². The van der Waals surface area contributed by atoms with Gasteiger partial charge in [-0.2, -0.15) is 15.8 Å². The molecule has 0 aromatic heterocycles. The van der Waals surface area contributed by atoms with Crippen molar-refractivity contribution in [2.45, 2.75) is 58.8 Å². The van der Waals surface area contributed by atoms with E-state index in [1.54, 1.807) is 0 Å². The average Bonchev–Trinajstić information content (AvgIpc) is 2.82. The van der Waals surface area contributed by atoms with E-state index in [9.17, 15) is 15.8 Å². The predicted molar refractivity (Wildman–Crippen MR) is 136 cm³/mol. The van der Waals surface area contributed by atoms with Crippen LogP contribution >= 0.6 is 0 Å². The molecule has 0 N–H and O–H groups in total. The fourth-order valence-corrected chi connectivity index (χ4v) is 5.44. The van der Waals surface area contributed by atoms with Crippen LogP contribution in [0, 0.1) is 34.0 Å². The van der Waals surface area contributed by atoms with E-state index in [1.165, 1.54) is 0 Å². The molecule has 3 aromatic carbocycles. The van der Waals surface area contributed by atoms with Crippen molar-refractivity contribution in [1.82, 2.24) is 0 Å². The maximum Gasteiger partial charge on any atom is 0.103 e. The van der Waals surface area contributed by atoms with Crippen LogP contribution in [0.25, 0.3) is 0 Å². The first-order valence-electron chi connectivity index (χ1n) is 11.6. The average molecular weight is 445 g/mol. The highest BCUT2D eigenvalue weighted by molar-refractivity contribution is 5.91. The zero-order chi connectivity index (χ0) is 24.8. The van der Waals surface area contributed by atoms with Crippen molar-refractivity contribution in [3.05, 3.63) is 87.5 Å². The number of benzene rings is 3. The van der Waals surface area contributed by atoms with Crippen molar-refractivity contribution in [3.8, 4) is 18.2 Å². The molecule has 0 atom stereocenters. The Hall–Kier alpha value is -4.07. The van der Waals surface area contributed by atoms with Gasteiger partial charge in [-0.1, -0.05) is 77.9 Å². The van der Waals surface area contributed by atoms with Crippen LogP contribution in [0.2, 0.25) is 0 Å². The number of nitrogens with zero attached hydrogens (tertiary/aromatic N) is 4. The molecule has 4 heteroatoms. The van der Waals surface area contributed by atoms with Gasteiger partial charge in [0.15, 0.2) is 0 Å². The van der Waals surface area contributed by atoms with Gasteiger partial charge in [-0.15, -0.1) is 0 Å². The molecule has 0 unspecified atom stereocenters. The van der Waals surface area contributed by atoms with Crippen LogP contribution in [-0.4, -0.2) is 0 Å². The molecule has 34 heavy (non-hydrogen) atoms. The van der Waals surface area contributed by atoms with Crippen LogP contribution in [-0.2, 0) is 5.41 Å². The molecule has 0 saturated carbocycles. The zero-order valence-corrected chi connectivity index (χ0v) is 20.6. The quantitative estimate of drug-likeness (QED) is 0.415. The summed E-state index contributed by atoms with van der Waals surface area (Å²) in [4.78, 5) is 2.15. The highest BCUT2D eigenvalue weighted by Gasteiger charge is 2.39. The van der Waals surface area contributed by atoms with E-state index >= 15 is 0 Å². The first-order chi connectivity index (χ1) is 16.2. The molecule has 1 aliphatic heterocycles. The molecule has 1 aliphatic rings. The summed E-state index contributed by atoms with van der Waals surface area (Å²) in [5.41, 5.74) is 7.31. The lowest BCUT2D eigenvalue weighted by molar-refractivity contribution is 0.631. The third kappa shape index (κ3) is 3.17. The van der Waals surface area contributed by atoms with Gasteiger partial charge in [-0.05, 0) is 46.2 Å². The second kappa shape index (κ2) is 8.37. The van der Waals surface area contributed by atoms with E-state index in [1.807, 2.05) is 38.1 Å². The van der Waals surface area contributed by atoms with Crippen molar-refractivity contribution < 1.29 is 0 Å². The highest BCUT2D eigenvalue weighted by Crippen LogP contribution is 2.55. The first-order valence-corrected chi connectivity index (χ1v) is 11.6. The predicted octanol–water partition coefficient (Wildman–Crippen LogP) is 7.66. The third-order valence-electron chi connectivity index (χ3n) is 6.90. The van der Waals surface area contributed by atoms with E-state index in [0.29, 0.717) is 11.3 Å². The summed E-state index contributed by atoms with van der Waals surface area (Å²) >= 11 is 0. The summed E-state index contributed by atoms with van der Waals surface area (Å²) < 4.78 is 0. The number of nitriles is 3.